The lowest BCUT2D eigenvalue weighted by molar-refractivity contribution is -0.119. The highest BCUT2D eigenvalue weighted by atomic mass is 32.2. The van der Waals surface area contributed by atoms with Crippen LogP contribution in [-0.4, -0.2) is 30.8 Å². The average Bonchev–Trinajstić information content (AvgIpc) is 2.73. The zero-order chi connectivity index (χ0) is 21.7. The van der Waals surface area contributed by atoms with Gasteiger partial charge in [-0.25, -0.2) is 13.1 Å². The molecular weight excluding hydrogens is 406 g/mol. The fourth-order valence-electron chi connectivity index (χ4n) is 2.94. The van der Waals surface area contributed by atoms with Crippen molar-refractivity contribution in [3.8, 4) is 22.6 Å². The van der Waals surface area contributed by atoms with Gasteiger partial charge in [0.2, 0.25) is 5.91 Å². The largest absolute Gasteiger partial charge is 0.507 e. The minimum absolute atomic E-state index is 0.0465. The summed E-state index contributed by atoms with van der Waals surface area (Å²) in [6.45, 7) is 0. The summed E-state index contributed by atoms with van der Waals surface area (Å²) in [6.07, 6.45) is 0.615. The fourth-order valence-corrected chi connectivity index (χ4v) is 4.02. The van der Waals surface area contributed by atoms with Crippen LogP contribution in [0.3, 0.4) is 0 Å². The van der Waals surface area contributed by atoms with Crippen LogP contribution in [0.15, 0.2) is 71.6 Å². The lowest BCUT2D eigenvalue weighted by Gasteiger charge is -2.13. The van der Waals surface area contributed by atoms with Crippen LogP contribution in [0, 0.1) is 0 Å². The smallest absolute Gasteiger partial charge is 0.264 e. The van der Waals surface area contributed by atoms with Crippen molar-refractivity contribution in [2.75, 3.05) is 0 Å². The van der Waals surface area contributed by atoms with Crippen LogP contribution in [0.25, 0.3) is 11.1 Å². The second-order valence-corrected chi connectivity index (χ2v) is 8.24. The van der Waals surface area contributed by atoms with Gasteiger partial charge in [0.05, 0.1) is 10.5 Å². The number of carbonyl (C=O) groups is 2. The molecule has 7 nitrogen and oxygen atoms in total. The van der Waals surface area contributed by atoms with E-state index in [0.717, 1.165) is 17.7 Å². The monoisotopic (exact) mass is 425 g/mol. The molecule has 8 heteroatoms. The first-order valence-electron chi connectivity index (χ1n) is 9.02. The van der Waals surface area contributed by atoms with E-state index in [1.54, 1.807) is 12.1 Å². The van der Waals surface area contributed by atoms with Gasteiger partial charge in [-0.2, -0.15) is 0 Å². The van der Waals surface area contributed by atoms with Gasteiger partial charge < -0.3 is 10.2 Å². The molecule has 3 rings (SSSR count). The first-order chi connectivity index (χ1) is 14.3. The van der Waals surface area contributed by atoms with E-state index in [9.17, 15) is 28.2 Å². The van der Waals surface area contributed by atoms with Crippen LogP contribution >= 0.6 is 0 Å². The molecule has 0 aromatic heterocycles. The summed E-state index contributed by atoms with van der Waals surface area (Å²) in [5, 5.41) is 20.4. The summed E-state index contributed by atoms with van der Waals surface area (Å²) < 4.78 is 27.4. The Morgan fingerprint density at radius 2 is 1.60 bits per heavy atom. The van der Waals surface area contributed by atoms with E-state index < -0.39 is 21.7 Å². The Morgan fingerprint density at radius 3 is 2.27 bits per heavy atom. The Labute approximate surface area is 173 Å². The van der Waals surface area contributed by atoms with Crippen molar-refractivity contribution < 1.29 is 28.2 Å². The minimum atomic E-state index is -4.31. The Kier molecular flexibility index (Phi) is 6.17. The van der Waals surface area contributed by atoms with Crippen molar-refractivity contribution in [3.05, 3.63) is 77.9 Å². The second kappa shape index (κ2) is 8.79. The molecule has 0 saturated carbocycles. The Hall–Kier alpha value is -3.65. The summed E-state index contributed by atoms with van der Waals surface area (Å²) in [7, 11) is -4.31. The number of nitrogens with one attached hydrogen (secondary N) is 1. The van der Waals surface area contributed by atoms with Gasteiger partial charge in [0.15, 0.2) is 6.29 Å². The molecule has 0 heterocycles. The number of aldehydes is 1. The van der Waals surface area contributed by atoms with Crippen LogP contribution in [0.4, 0.5) is 0 Å². The molecule has 3 aromatic rings. The number of hydrogen-bond donors (Lipinski definition) is 3. The third-order valence-electron chi connectivity index (χ3n) is 4.48. The average molecular weight is 425 g/mol. The number of sulfonamides is 1. The maximum atomic E-state index is 12.7. The number of rotatable bonds is 7. The van der Waals surface area contributed by atoms with E-state index >= 15 is 0 Å². The Balaban J connectivity index is 1.90. The van der Waals surface area contributed by atoms with Crippen LogP contribution in [0.5, 0.6) is 11.5 Å². The van der Waals surface area contributed by atoms with Gasteiger partial charge in [-0.05, 0) is 30.2 Å². The normalized spacial score (nSPS) is 11.1. The van der Waals surface area contributed by atoms with Gasteiger partial charge in [0, 0.05) is 17.5 Å². The minimum Gasteiger partial charge on any atom is -0.507 e. The molecule has 1 amide bonds. The number of aryl methyl sites for hydroxylation is 1. The SMILES string of the molecule is O=Cc1cc(S(=O)(=O)NC(=O)CCc2ccccc2)cc(-c2ccccc2O)c1O. The highest BCUT2D eigenvalue weighted by molar-refractivity contribution is 7.90. The molecule has 3 N–H and O–H groups in total. The summed E-state index contributed by atoms with van der Waals surface area (Å²) >= 11 is 0. The highest BCUT2D eigenvalue weighted by Crippen LogP contribution is 2.38. The van der Waals surface area contributed by atoms with Crippen molar-refractivity contribution in [2.45, 2.75) is 17.7 Å². The third-order valence-corrected chi connectivity index (χ3v) is 5.83. The van der Waals surface area contributed by atoms with Gasteiger partial charge >= 0.3 is 0 Å². The number of phenolic OH excluding ortho intramolecular Hbond substituents is 2. The van der Waals surface area contributed by atoms with Crippen molar-refractivity contribution in [2.24, 2.45) is 0 Å². The van der Waals surface area contributed by atoms with Gasteiger partial charge in [-0.1, -0.05) is 48.5 Å². The molecule has 154 valence electrons. The van der Waals surface area contributed by atoms with E-state index in [1.165, 1.54) is 12.1 Å². The summed E-state index contributed by atoms with van der Waals surface area (Å²) in [4.78, 5) is 23.2. The predicted molar refractivity (Wildman–Crippen MR) is 111 cm³/mol. The van der Waals surface area contributed by atoms with E-state index in [0.29, 0.717) is 12.7 Å². The highest BCUT2D eigenvalue weighted by Gasteiger charge is 2.23. The Bertz CT molecular complexity index is 1190. The molecular formula is C22H19NO6S. The maximum Gasteiger partial charge on any atom is 0.264 e. The third kappa shape index (κ3) is 4.66. The van der Waals surface area contributed by atoms with Gasteiger partial charge in [-0.3, -0.25) is 9.59 Å². The topological polar surface area (TPSA) is 121 Å². The van der Waals surface area contributed by atoms with Gasteiger partial charge in [0.25, 0.3) is 10.0 Å². The number of para-hydroxylation sites is 1. The van der Waals surface area contributed by atoms with Crippen LogP contribution in [-0.2, 0) is 21.2 Å². The molecule has 0 spiro atoms. The molecule has 0 unspecified atom stereocenters. The molecule has 0 aliphatic rings. The number of amides is 1. The van der Waals surface area contributed by atoms with Crippen LogP contribution in [0.1, 0.15) is 22.3 Å². The summed E-state index contributed by atoms with van der Waals surface area (Å²) in [5.74, 6) is -1.38. The molecule has 0 aliphatic heterocycles. The molecule has 0 bridgehead atoms. The van der Waals surface area contributed by atoms with E-state index in [4.69, 9.17) is 0 Å². The predicted octanol–water partition coefficient (Wildman–Crippen LogP) is 3.02. The van der Waals surface area contributed by atoms with Crippen molar-refractivity contribution in [1.82, 2.24) is 4.72 Å². The number of aromatic hydroxyl groups is 2. The molecule has 0 saturated heterocycles. The molecule has 3 aromatic carbocycles. The number of benzene rings is 3. The van der Waals surface area contributed by atoms with E-state index in [-0.39, 0.29) is 33.8 Å². The quantitative estimate of drug-likeness (QED) is 0.501. The van der Waals surface area contributed by atoms with Gasteiger partial charge in [-0.15, -0.1) is 0 Å². The maximum absolute atomic E-state index is 12.7. The molecule has 30 heavy (non-hydrogen) atoms. The van der Waals surface area contributed by atoms with Gasteiger partial charge in [0.1, 0.15) is 11.5 Å². The van der Waals surface area contributed by atoms with Crippen molar-refractivity contribution >= 4 is 22.2 Å². The number of phenols is 2. The lowest BCUT2D eigenvalue weighted by Crippen LogP contribution is -2.30. The fraction of sp³-hybridized carbons (Fsp3) is 0.0909. The lowest BCUT2D eigenvalue weighted by atomic mass is 10.0. The number of carbonyl (C=O) groups excluding carboxylic acids is 2. The van der Waals surface area contributed by atoms with Crippen molar-refractivity contribution in [1.29, 1.82) is 0 Å². The molecule has 0 aliphatic carbocycles. The van der Waals surface area contributed by atoms with E-state index in [2.05, 4.69) is 0 Å². The van der Waals surface area contributed by atoms with Crippen molar-refractivity contribution in [3.63, 3.8) is 0 Å². The summed E-state index contributed by atoms with van der Waals surface area (Å²) in [6, 6.07) is 17.2. The first-order valence-corrected chi connectivity index (χ1v) is 10.5. The standard InChI is InChI=1S/C22H19NO6S/c24-14-16-12-17(13-19(22(16)27)18-8-4-5-9-20(18)25)30(28,29)23-21(26)11-10-15-6-2-1-3-7-15/h1-9,12-14,25,27H,10-11H2,(H,23,26). The van der Waals surface area contributed by atoms with E-state index in [1.807, 2.05) is 35.1 Å². The zero-order valence-corrected chi connectivity index (χ0v) is 16.6. The number of hydrogen-bond acceptors (Lipinski definition) is 6. The molecule has 0 atom stereocenters. The zero-order valence-electron chi connectivity index (χ0n) is 15.8. The second-order valence-electron chi connectivity index (χ2n) is 6.56. The Morgan fingerprint density at radius 1 is 0.933 bits per heavy atom. The van der Waals surface area contributed by atoms with Crippen LogP contribution < -0.4 is 4.72 Å². The first kappa shape index (κ1) is 21.1. The summed E-state index contributed by atoms with van der Waals surface area (Å²) in [5.41, 5.74) is 0.702. The molecule has 0 fully saturated rings. The molecule has 0 radical (unpaired) electrons. The van der Waals surface area contributed by atoms with Crippen LogP contribution in [0.2, 0.25) is 0 Å².